The van der Waals surface area contributed by atoms with Gasteiger partial charge in [0.15, 0.2) is 0 Å². The van der Waals surface area contributed by atoms with E-state index < -0.39 is 10.0 Å². The Bertz CT molecular complexity index is 626. The lowest BCUT2D eigenvalue weighted by molar-refractivity contribution is -0.115. The zero-order chi connectivity index (χ0) is 15.5. The van der Waals surface area contributed by atoms with Crippen molar-refractivity contribution in [2.24, 2.45) is 0 Å². The summed E-state index contributed by atoms with van der Waals surface area (Å²) >= 11 is 0. The summed E-state index contributed by atoms with van der Waals surface area (Å²) in [7, 11) is -0.457. The largest absolute Gasteiger partial charge is 0.495 e. The first-order chi connectivity index (χ1) is 9.96. The second-order valence-electron chi connectivity index (χ2n) is 4.84. The van der Waals surface area contributed by atoms with Gasteiger partial charge in [-0.05, 0) is 38.1 Å². The lowest BCUT2D eigenvalue weighted by Gasteiger charge is -2.12. The second kappa shape index (κ2) is 6.42. The number of anilines is 1. The Hall–Kier alpha value is -1.64. The molecule has 0 aromatic heterocycles. The summed E-state index contributed by atoms with van der Waals surface area (Å²) in [6, 6.07) is 4.41. The molecule has 2 rings (SSSR count). The summed E-state index contributed by atoms with van der Waals surface area (Å²) in [6.07, 6.45) is 1.72. The molecule has 0 aliphatic heterocycles. The van der Waals surface area contributed by atoms with Crippen molar-refractivity contribution in [1.82, 2.24) is 10.0 Å². The van der Waals surface area contributed by atoms with Gasteiger partial charge in [-0.3, -0.25) is 4.79 Å². The van der Waals surface area contributed by atoms with Crippen LogP contribution in [0.25, 0.3) is 0 Å². The van der Waals surface area contributed by atoms with Crippen molar-refractivity contribution >= 4 is 21.6 Å². The molecule has 0 saturated heterocycles. The molecule has 21 heavy (non-hydrogen) atoms. The SMILES string of the molecule is CNCC(=O)Nc1cc(S(=O)(=O)NC2CC2)ccc1OC. The maximum absolute atomic E-state index is 12.2. The van der Waals surface area contributed by atoms with Crippen LogP contribution in [0.3, 0.4) is 0 Å². The first-order valence-corrected chi connectivity index (χ1v) is 8.09. The quantitative estimate of drug-likeness (QED) is 0.672. The lowest BCUT2D eigenvalue weighted by Crippen LogP contribution is -2.27. The van der Waals surface area contributed by atoms with Gasteiger partial charge in [0.25, 0.3) is 0 Å². The predicted octanol–water partition coefficient (Wildman–Crippen LogP) is 0.294. The Labute approximate surface area is 124 Å². The molecule has 0 heterocycles. The van der Waals surface area contributed by atoms with Crippen LogP contribution >= 0.6 is 0 Å². The van der Waals surface area contributed by atoms with Gasteiger partial charge in [0.1, 0.15) is 5.75 Å². The third kappa shape index (κ3) is 4.16. The Morgan fingerprint density at radius 1 is 1.38 bits per heavy atom. The average Bonchev–Trinajstić information content (AvgIpc) is 3.22. The molecule has 1 fully saturated rings. The average molecular weight is 313 g/mol. The molecular formula is C13H19N3O4S. The molecule has 0 radical (unpaired) electrons. The van der Waals surface area contributed by atoms with E-state index in [9.17, 15) is 13.2 Å². The van der Waals surface area contributed by atoms with Crippen molar-refractivity contribution < 1.29 is 17.9 Å². The highest BCUT2D eigenvalue weighted by atomic mass is 32.2. The summed E-state index contributed by atoms with van der Waals surface area (Å²) < 4.78 is 32.1. The van der Waals surface area contributed by atoms with Gasteiger partial charge in [-0.1, -0.05) is 0 Å². The monoisotopic (exact) mass is 313 g/mol. The third-order valence-electron chi connectivity index (χ3n) is 2.99. The van der Waals surface area contributed by atoms with Gasteiger partial charge >= 0.3 is 0 Å². The number of hydrogen-bond acceptors (Lipinski definition) is 5. The molecule has 1 amide bonds. The number of carbonyl (C=O) groups is 1. The van der Waals surface area contributed by atoms with Crippen LogP contribution in [0.4, 0.5) is 5.69 Å². The van der Waals surface area contributed by atoms with Gasteiger partial charge in [0, 0.05) is 6.04 Å². The molecule has 7 nitrogen and oxygen atoms in total. The molecule has 0 atom stereocenters. The number of rotatable bonds is 7. The molecule has 0 unspecified atom stereocenters. The molecule has 1 saturated carbocycles. The number of methoxy groups -OCH3 is 1. The van der Waals surface area contributed by atoms with Crippen molar-refractivity contribution in [2.45, 2.75) is 23.8 Å². The van der Waals surface area contributed by atoms with Crippen molar-refractivity contribution in [3.05, 3.63) is 18.2 Å². The van der Waals surface area contributed by atoms with E-state index in [2.05, 4.69) is 15.4 Å². The molecule has 0 spiro atoms. The minimum atomic E-state index is -3.57. The number of sulfonamides is 1. The number of hydrogen-bond donors (Lipinski definition) is 3. The number of amides is 1. The van der Waals surface area contributed by atoms with Crippen LogP contribution < -0.4 is 20.1 Å². The van der Waals surface area contributed by atoms with Crippen molar-refractivity contribution in [1.29, 1.82) is 0 Å². The first-order valence-electron chi connectivity index (χ1n) is 6.61. The van der Waals surface area contributed by atoms with Gasteiger partial charge in [0.05, 0.1) is 24.2 Å². The highest BCUT2D eigenvalue weighted by Crippen LogP contribution is 2.29. The van der Waals surface area contributed by atoms with E-state index in [-0.39, 0.29) is 23.4 Å². The molecular weight excluding hydrogens is 294 g/mol. The van der Waals surface area contributed by atoms with Crippen molar-refractivity contribution in [2.75, 3.05) is 26.0 Å². The summed E-state index contributed by atoms with van der Waals surface area (Å²) in [5, 5.41) is 5.35. The van der Waals surface area contributed by atoms with Gasteiger partial charge in [0.2, 0.25) is 15.9 Å². The van der Waals surface area contributed by atoms with Crippen molar-refractivity contribution in [3.63, 3.8) is 0 Å². The van der Waals surface area contributed by atoms with Crippen molar-refractivity contribution in [3.8, 4) is 5.75 Å². The van der Waals surface area contributed by atoms with E-state index in [0.717, 1.165) is 12.8 Å². The summed E-state index contributed by atoms with van der Waals surface area (Å²) in [5.41, 5.74) is 0.330. The van der Waals surface area contributed by atoms with Crippen LogP contribution in [0.15, 0.2) is 23.1 Å². The fourth-order valence-electron chi connectivity index (χ4n) is 1.80. The highest BCUT2D eigenvalue weighted by molar-refractivity contribution is 7.89. The molecule has 0 bridgehead atoms. The lowest BCUT2D eigenvalue weighted by atomic mass is 10.3. The molecule has 1 aliphatic carbocycles. The summed E-state index contributed by atoms with van der Waals surface area (Å²) in [6.45, 7) is 0.125. The zero-order valence-electron chi connectivity index (χ0n) is 12.0. The van der Waals surface area contributed by atoms with Crippen LogP contribution in [-0.4, -0.2) is 41.1 Å². The van der Waals surface area contributed by atoms with E-state index in [1.165, 1.54) is 25.3 Å². The number of carbonyl (C=O) groups excluding carboxylic acids is 1. The molecule has 1 aliphatic rings. The standard InChI is InChI=1S/C13H19N3O4S/c1-14-8-13(17)15-11-7-10(5-6-12(11)20-2)21(18,19)16-9-3-4-9/h5-7,9,14,16H,3-4,8H2,1-2H3,(H,15,17). The first kappa shape index (κ1) is 15.7. The van der Waals surface area contributed by atoms with E-state index in [0.29, 0.717) is 11.4 Å². The zero-order valence-corrected chi connectivity index (χ0v) is 12.8. The number of nitrogens with one attached hydrogen (secondary N) is 3. The topological polar surface area (TPSA) is 96.5 Å². The van der Waals surface area contributed by atoms with E-state index in [1.807, 2.05) is 0 Å². The third-order valence-corrected chi connectivity index (χ3v) is 4.51. The molecule has 1 aromatic rings. The highest BCUT2D eigenvalue weighted by Gasteiger charge is 2.28. The van der Waals surface area contributed by atoms with Gasteiger partial charge in [-0.25, -0.2) is 13.1 Å². The maximum atomic E-state index is 12.2. The predicted molar refractivity (Wildman–Crippen MR) is 78.9 cm³/mol. The smallest absolute Gasteiger partial charge is 0.240 e. The molecule has 1 aromatic carbocycles. The number of likely N-dealkylation sites (N-methyl/N-ethyl adjacent to an activating group) is 1. The Morgan fingerprint density at radius 3 is 2.67 bits per heavy atom. The fraction of sp³-hybridized carbons (Fsp3) is 0.462. The van der Waals surface area contributed by atoms with Crippen LogP contribution in [-0.2, 0) is 14.8 Å². The molecule has 3 N–H and O–H groups in total. The summed E-state index contributed by atoms with van der Waals surface area (Å²) in [4.78, 5) is 11.7. The maximum Gasteiger partial charge on any atom is 0.240 e. The Balaban J connectivity index is 2.25. The van der Waals surface area contributed by atoms with Crippen LogP contribution in [0.5, 0.6) is 5.75 Å². The number of benzene rings is 1. The van der Waals surface area contributed by atoms with E-state index >= 15 is 0 Å². The Kier molecular flexibility index (Phi) is 4.81. The number of ether oxygens (including phenoxy) is 1. The normalized spacial score (nSPS) is 14.8. The van der Waals surface area contributed by atoms with Gasteiger partial charge < -0.3 is 15.4 Å². The van der Waals surface area contributed by atoms with Crippen LogP contribution in [0.1, 0.15) is 12.8 Å². The molecule has 116 valence electrons. The second-order valence-corrected chi connectivity index (χ2v) is 6.55. The minimum absolute atomic E-state index is 0.0273. The Morgan fingerprint density at radius 2 is 2.10 bits per heavy atom. The summed E-state index contributed by atoms with van der Waals surface area (Å²) in [5.74, 6) is 0.130. The van der Waals surface area contributed by atoms with Gasteiger partial charge in [-0.15, -0.1) is 0 Å². The fourth-order valence-corrected chi connectivity index (χ4v) is 3.13. The minimum Gasteiger partial charge on any atom is -0.495 e. The van der Waals surface area contributed by atoms with Crippen LogP contribution in [0, 0.1) is 0 Å². The van der Waals surface area contributed by atoms with E-state index in [1.54, 1.807) is 7.05 Å². The van der Waals surface area contributed by atoms with Gasteiger partial charge in [-0.2, -0.15) is 0 Å². The van der Waals surface area contributed by atoms with Crippen LogP contribution in [0.2, 0.25) is 0 Å². The van der Waals surface area contributed by atoms with E-state index in [4.69, 9.17) is 4.74 Å². The molecule has 8 heteroatoms.